The summed E-state index contributed by atoms with van der Waals surface area (Å²) in [5, 5.41) is 0. The normalized spacial score (nSPS) is 11.9. The van der Waals surface area contributed by atoms with Crippen LogP contribution in [0.3, 0.4) is 0 Å². The van der Waals surface area contributed by atoms with Crippen LogP contribution in [0.15, 0.2) is 60.7 Å². The van der Waals surface area contributed by atoms with Crippen molar-refractivity contribution in [3.63, 3.8) is 0 Å². The lowest BCUT2D eigenvalue weighted by molar-refractivity contribution is -0.146. The van der Waals surface area contributed by atoms with Gasteiger partial charge in [-0.3, -0.25) is 9.59 Å². The van der Waals surface area contributed by atoms with Crippen molar-refractivity contribution in [2.24, 2.45) is 11.5 Å². The summed E-state index contributed by atoms with van der Waals surface area (Å²) >= 11 is 0. The van der Waals surface area contributed by atoms with Gasteiger partial charge in [0, 0.05) is 11.5 Å². The summed E-state index contributed by atoms with van der Waals surface area (Å²) in [5.74, 6) is -0.180. The van der Waals surface area contributed by atoms with Gasteiger partial charge in [0.2, 0.25) is 0 Å². The van der Waals surface area contributed by atoms with Crippen LogP contribution in [0.1, 0.15) is 11.1 Å². The SMILES string of the molecule is Cl.Cl.N[C@@H](CSSC[C@H](N)C(=O)OCc1ccccc1)C(=O)OCc1ccccc1. The summed E-state index contributed by atoms with van der Waals surface area (Å²) in [6.45, 7) is 0.395. The minimum absolute atomic E-state index is 0. The highest BCUT2D eigenvalue weighted by molar-refractivity contribution is 8.76. The fraction of sp³-hybridized carbons (Fsp3) is 0.300. The van der Waals surface area contributed by atoms with Crippen molar-refractivity contribution in [2.45, 2.75) is 25.3 Å². The third-order valence-electron chi connectivity index (χ3n) is 3.63. The van der Waals surface area contributed by atoms with E-state index in [4.69, 9.17) is 20.9 Å². The van der Waals surface area contributed by atoms with E-state index in [1.54, 1.807) is 0 Å². The van der Waals surface area contributed by atoms with Crippen LogP contribution in [0.5, 0.6) is 0 Å². The molecule has 166 valence electrons. The minimum Gasteiger partial charge on any atom is -0.460 e. The van der Waals surface area contributed by atoms with Gasteiger partial charge in [-0.05, 0) is 11.1 Å². The van der Waals surface area contributed by atoms with E-state index in [0.29, 0.717) is 11.5 Å². The highest BCUT2D eigenvalue weighted by atomic mass is 35.5. The molecular formula is C20H26Cl2N2O4S2. The molecule has 2 aromatic rings. The van der Waals surface area contributed by atoms with Gasteiger partial charge in [0.25, 0.3) is 0 Å². The molecule has 0 heterocycles. The van der Waals surface area contributed by atoms with E-state index >= 15 is 0 Å². The van der Waals surface area contributed by atoms with Gasteiger partial charge in [-0.25, -0.2) is 0 Å². The lowest BCUT2D eigenvalue weighted by Crippen LogP contribution is -2.35. The van der Waals surface area contributed by atoms with Crippen molar-refractivity contribution >= 4 is 58.3 Å². The number of nitrogens with two attached hydrogens (primary N) is 2. The van der Waals surface area contributed by atoms with Crippen LogP contribution in [0.4, 0.5) is 0 Å². The molecular weight excluding hydrogens is 467 g/mol. The van der Waals surface area contributed by atoms with Crippen LogP contribution in [0.25, 0.3) is 0 Å². The highest BCUT2D eigenvalue weighted by Gasteiger charge is 2.18. The number of halogens is 2. The number of hydrogen-bond acceptors (Lipinski definition) is 8. The van der Waals surface area contributed by atoms with Gasteiger partial charge in [0.05, 0.1) is 0 Å². The predicted molar refractivity (Wildman–Crippen MR) is 128 cm³/mol. The maximum absolute atomic E-state index is 11.9. The summed E-state index contributed by atoms with van der Waals surface area (Å²) in [5.41, 5.74) is 13.5. The smallest absolute Gasteiger partial charge is 0.324 e. The van der Waals surface area contributed by atoms with E-state index in [9.17, 15) is 9.59 Å². The predicted octanol–water partition coefficient (Wildman–Crippen LogP) is 3.35. The maximum Gasteiger partial charge on any atom is 0.324 e. The molecule has 0 aromatic heterocycles. The average Bonchev–Trinajstić information content (AvgIpc) is 2.74. The number of carbonyl (C=O) groups is 2. The van der Waals surface area contributed by atoms with Crippen LogP contribution in [-0.2, 0) is 32.3 Å². The number of carbonyl (C=O) groups excluding carboxylic acids is 2. The second-order valence-electron chi connectivity index (χ2n) is 5.97. The highest BCUT2D eigenvalue weighted by Crippen LogP contribution is 2.22. The molecule has 4 N–H and O–H groups in total. The molecule has 10 heteroatoms. The van der Waals surface area contributed by atoms with Crippen molar-refractivity contribution < 1.29 is 19.1 Å². The Morgan fingerprint density at radius 3 is 1.37 bits per heavy atom. The van der Waals surface area contributed by atoms with Crippen molar-refractivity contribution in [3.05, 3.63) is 71.8 Å². The molecule has 0 fully saturated rings. The van der Waals surface area contributed by atoms with Crippen LogP contribution >= 0.6 is 46.4 Å². The fourth-order valence-corrected chi connectivity index (χ4v) is 4.27. The van der Waals surface area contributed by atoms with Crippen LogP contribution in [0.2, 0.25) is 0 Å². The molecule has 0 bridgehead atoms. The first kappa shape index (κ1) is 28.6. The van der Waals surface area contributed by atoms with Crippen molar-refractivity contribution in [1.82, 2.24) is 0 Å². The Morgan fingerprint density at radius 2 is 1.03 bits per heavy atom. The zero-order valence-corrected chi connectivity index (χ0v) is 19.4. The molecule has 0 aliphatic carbocycles. The molecule has 0 saturated heterocycles. The summed E-state index contributed by atoms with van der Waals surface area (Å²) in [7, 11) is 2.75. The van der Waals surface area contributed by atoms with Crippen molar-refractivity contribution in [2.75, 3.05) is 11.5 Å². The molecule has 0 aliphatic rings. The molecule has 30 heavy (non-hydrogen) atoms. The largest absolute Gasteiger partial charge is 0.460 e. The van der Waals surface area contributed by atoms with Gasteiger partial charge in [-0.2, -0.15) is 0 Å². The topological polar surface area (TPSA) is 105 Å². The molecule has 0 saturated carbocycles. The zero-order valence-electron chi connectivity index (χ0n) is 16.2. The van der Waals surface area contributed by atoms with Gasteiger partial charge in [0.1, 0.15) is 25.3 Å². The first-order chi connectivity index (χ1) is 13.6. The quantitative estimate of drug-likeness (QED) is 0.279. The molecule has 0 aliphatic heterocycles. The number of hydrogen-bond donors (Lipinski definition) is 2. The fourth-order valence-electron chi connectivity index (χ4n) is 2.05. The van der Waals surface area contributed by atoms with Gasteiger partial charge in [-0.1, -0.05) is 82.3 Å². The molecule has 0 amide bonds. The Bertz CT molecular complexity index is 679. The number of benzene rings is 2. The van der Waals surface area contributed by atoms with Crippen LogP contribution in [0, 0.1) is 0 Å². The van der Waals surface area contributed by atoms with Gasteiger partial charge < -0.3 is 20.9 Å². The summed E-state index contributed by atoms with van der Waals surface area (Å²) < 4.78 is 10.4. The Kier molecular flexibility index (Phi) is 15.5. The first-order valence-electron chi connectivity index (χ1n) is 8.73. The maximum atomic E-state index is 11.9. The van der Waals surface area contributed by atoms with E-state index in [-0.39, 0.29) is 38.0 Å². The molecule has 0 spiro atoms. The average molecular weight is 493 g/mol. The summed E-state index contributed by atoms with van der Waals surface area (Å²) in [6.07, 6.45) is 0. The second kappa shape index (κ2) is 16.3. The van der Waals surface area contributed by atoms with Gasteiger partial charge in [0.15, 0.2) is 0 Å². The second-order valence-corrected chi connectivity index (χ2v) is 8.52. The van der Waals surface area contributed by atoms with E-state index in [0.717, 1.165) is 11.1 Å². The first-order valence-corrected chi connectivity index (χ1v) is 11.2. The minimum atomic E-state index is -0.734. The Hall–Kier alpha value is -1.42. The van der Waals surface area contributed by atoms with E-state index in [1.807, 2.05) is 60.7 Å². The van der Waals surface area contributed by atoms with Gasteiger partial charge in [-0.15, -0.1) is 24.8 Å². The number of ether oxygens (including phenoxy) is 2. The molecule has 2 rings (SSSR count). The molecule has 0 unspecified atom stereocenters. The van der Waals surface area contributed by atoms with E-state index in [1.165, 1.54) is 21.6 Å². The summed E-state index contributed by atoms with van der Waals surface area (Å²) in [4.78, 5) is 23.8. The van der Waals surface area contributed by atoms with Crippen LogP contribution in [-0.4, -0.2) is 35.5 Å². The van der Waals surface area contributed by atoms with Gasteiger partial charge >= 0.3 is 11.9 Å². The summed E-state index contributed by atoms with van der Waals surface area (Å²) in [6, 6.07) is 17.3. The van der Waals surface area contributed by atoms with Crippen molar-refractivity contribution in [1.29, 1.82) is 0 Å². The Labute approximate surface area is 197 Å². The van der Waals surface area contributed by atoms with E-state index in [2.05, 4.69) is 0 Å². The van der Waals surface area contributed by atoms with Crippen LogP contribution < -0.4 is 11.5 Å². The number of rotatable bonds is 11. The zero-order chi connectivity index (χ0) is 20.2. The third kappa shape index (κ3) is 11.1. The Balaban J connectivity index is 0.00000420. The lowest BCUT2D eigenvalue weighted by Gasteiger charge is -2.13. The molecule has 2 aromatic carbocycles. The third-order valence-corrected chi connectivity index (χ3v) is 6.11. The number of esters is 2. The standard InChI is InChI=1S/C20H24N2O4S2.2ClH/c21-17(19(23)25-11-15-7-3-1-4-8-15)13-27-28-14-18(22)20(24)26-12-16-9-5-2-6-10-16;;/h1-10,17-18H,11-14,21-22H2;2*1H/t17-,18-;;/m0../s1. The lowest BCUT2D eigenvalue weighted by atomic mass is 10.2. The molecule has 2 atom stereocenters. The van der Waals surface area contributed by atoms with E-state index < -0.39 is 24.0 Å². The Morgan fingerprint density at radius 1 is 0.700 bits per heavy atom. The van der Waals surface area contributed by atoms with Crippen molar-refractivity contribution in [3.8, 4) is 0 Å². The molecule has 0 radical (unpaired) electrons. The monoisotopic (exact) mass is 492 g/mol. The molecule has 6 nitrogen and oxygen atoms in total.